The van der Waals surface area contributed by atoms with Crippen molar-refractivity contribution in [2.24, 2.45) is 105 Å². The van der Waals surface area contributed by atoms with Gasteiger partial charge in [0.2, 0.25) is 0 Å². The van der Waals surface area contributed by atoms with E-state index in [-0.39, 0.29) is 127 Å². The summed E-state index contributed by atoms with van der Waals surface area (Å²) in [5.41, 5.74) is -2.12. The molecular weight excluding hydrogens is 1080 g/mol. The van der Waals surface area contributed by atoms with Crippen LogP contribution in [0.5, 0.6) is 0 Å². The maximum atomic E-state index is 12.9. The van der Waals surface area contributed by atoms with Crippen molar-refractivity contribution in [3.63, 3.8) is 0 Å². The van der Waals surface area contributed by atoms with Gasteiger partial charge in [-0.25, -0.2) is 0 Å². The second kappa shape index (κ2) is 34.7. The fourth-order valence-corrected chi connectivity index (χ4v) is 17.2. The minimum absolute atomic E-state index is 0. The number of hydrogen-bond acceptors (Lipinski definition) is 8. The third-order valence-corrected chi connectivity index (χ3v) is 24.9. The third-order valence-electron chi connectivity index (χ3n) is 24.9. The van der Waals surface area contributed by atoms with E-state index in [2.05, 4.69) is 76.2 Å². The van der Waals surface area contributed by atoms with Crippen LogP contribution in [0.1, 0.15) is 358 Å². The Morgan fingerprint density at radius 1 is 0.368 bits per heavy atom. The summed E-state index contributed by atoms with van der Waals surface area (Å²) in [6, 6.07) is 0. The first-order valence-electron chi connectivity index (χ1n) is 33.7. The van der Waals surface area contributed by atoms with Gasteiger partial charge < -0.3 is 18.9 Å². The number of carbonyl (C=O) groups is 4. The molecule has 0 spiro atoms. The lowest BCUT2D eigenvalue weighted by molar-refractivity contribution is -0.191. The summed E-state index contributed by atoms with van der Waals surface area (Å²) in [4.78, 5) is 50.1. The molecule has 9 rings (SSSR count). The van der Waals surface area contributed by atoms with Gasteiger partial charge in [0.15, 0.2) is 0 Å². The highest BCUT2D eigenvalue weighted by Crippen LogP contribution is 2.71. The molecule has 0 aliphatic heterocycles. The van der Waals surface area contributed by atoms with E-state index in [1.165, 1.54) is 96.3 Å². The molecule has 13 unspecified atom stereocenters. The molecule has 9 fully saturated rings. The van der Waals surface area contributed by atoms with E-state index < -0.39 is 0 Å². The van der Waals surface area contributed by atoms with Crippen LogP contribution < -0.4 is 0 Å². The largest absolute Gasteiger partial charge is 0.458 e. The van der Waals surface area contributed by atoms with Gasteiger partial charge in [0, 0.05) is 5.92 Å². The molecule has 0 aromatic carbocycles. The van der Waals surface area contributed by atoms with Crippen LogP contribution in [0, 0.1) is 105 Å². The molecule has 87 heavy (non-hydrogen) atoms. The molecular formula is C79H156O8. The summed E-state index contributed by atoms with van der Waals surface area (Å²) in [5, 5.41) is 0. The molecule has 9 saturated carbocycles. The highest BCUT2D eigenvalue weighted by atomic mass is 16.6. The first-order valence-corrected chi connectivity index (χ1v) is 33.7. The van der Waals surface area contributed by atoms with E-state index >= 15 is 0 Å². The van der Waals surface area contributed by atoms with Gasteiger partial charge in [0.25, 0.3) is 0 Å². The number of carbonyl (C=O) groups excluding carboxylic acids is 4. The van der Waals surface area contributed by atoms with Crippen LogP contribution in [0.4, 0.5) is 0 Å². The molecule has 0 radical (unpaired) electrons. The van der Waals surface area contributed by atoms with Crippen molar-refractivity contribution in [3.8, 4) is 0 Å². The van der Waals surface area contributed by atoms with Crippen LogP contribution in [-0.2, 0) is 38.1 Å². The third kappa shape index (κ3) is 18.6. The van der Waals surface area contributed by atoms with E-state index in [9.17, 15) is 19.2 Å². The lowest BCUT2D eigenvalue weighted by atomic mass is 9.63. The fraction of sp³-hybridized carbons (Fsp3) is 0.949. The fourth-order valence-electron chi connectivity index (χ4n) is 17.2. The van der Waals surface area contributed by atoms with Gasteiger partial charge in [-0.05, 0) is 261 Å². The van der Waals surface area contributed by atoms with Gasteiger partial charge in [-0.2, -0.15) is 0 Å². The Morgan fingerprint density at radius 3 is 1.18 bits per heavy atom. The molecule has 0 N–H and O–H groups in total. The van der Waals surface area contributed by atoms with E-state index in [1.807, 2.05) is 62.3 Å². The summed E-state index contributed by atoms with van der Waals surface area (Å²) in [6.45, 7) is 42.1. The first kappa shape index (κ1) is 89.1. The molecule has 8 nitrogen and oxygen atoms in total. The second-order valence-electron chi connectivity index (χ2n) is 32.1. The van der Waals surface area contributed by atoms with Crippen molar-refractivity contribution < 1.29 is 38.1 Å². The molecule has 0 heterocycles. The first-order chi connectivity index (χ1) is 36.8. The van der Waals surface area contributed by atoms with Crippen molar-refractivity contribution in [1.82, 2.24) is 0 Å². The SMILES string of the molecule is C.C.C.C.C.C.C.C.CCC(C)(C)C(=O)OC1(C(C)C)CC2CC1C1C3CCC(C3)C21.CCC(C)(C)C(=O)OC1(C(C)C)CC2CCC1C2.CCC(C)(C)C(=O)OC1(C(C)C)CCC2CCCCC2C1.CCC(C)(C)C(=O)OC1(C(C)C)CCCCC1. The van der Waals surface area contributed by atoms with Gasteiger partial charge in [0.1, 0.15) is 22.4 Å². The van der Waals surface area contributed by atoms with Gasteiger partial charge in [-0.3, -0.25) is 19.2 Å². The summed E-state index contributed by atoms with van der Waals surface area (Å²) < 4.78 is 24.7. The number of fused-ring (bicyclic) bond motifs is 12. The standard InChI is InChI=1S/C21H34O2.C19H34O2.C16H28O2.C15H28O2.8CH4/c1-6-20(4,5)19(22)23-21(12(2)3)11-15-10-16(21)18-14-8-7-13(9-14)17(15)18;1-6-18(4,5)17(20)21-19(14(2)3)12-11-15-9-7-8-10-16(15)13-19;1-6-15(4,5)14(17)18-16(11(2)3)10-12-7-8-13(16)9-12;1-6-14(4,5)13(16)17-15(12(2)3)10-8-7-9-11-15;;;;;;;;/h12-18H,6-11H2,1-5H3;14-16H,6-13H2,1-5H3;11-13H,6-10H2,1-5H3;12H,6-11H2,1-5H3;8*1H4. The summed E-state index contributed by atoms with van der Waals surface area (Å²) in [7, 11) is 0. The molecule has 13 atom stereocenters. The van der Waals surface area contributed by atoms with E-state index in [1.54, 1.807) is 0 Å². The predicted molar refractivity (Wildman–Crippen MR) is 377 cm³/mol. The highest BCUT2D eigenvalue weighted by molar-refractivity contribution is 5.78. The van der Waals surface area contributed by atoms with Gasteiger partial charge in [-0.15, -0.1) is 0 Å². The van der Waals surface area contributed by atoms with Crippen molar-refractivity contribution >= 4 is 23.9 Å². The molecule has 520 valence electrons. The molecule has 0 aromatic heterocycles. The van der Waals surface area contributed by atoms with Gasteiger partial charge >= 0.3 is 23.9 Å². The molecule has 9 aliphatic rings. The Bertz CT molecular complexity index is 2040. The van der Waals surface area contributed by atoms with Crippen molar-refractivity contribution in [2.45, 2.75) is 381 Å². The van der Waals surface area contributed by atoms with Gasteiger partial charge in [-0.1, -0.05) is 175 Å². The molecule has 8 heteroatoms. The monoisotopic (exact) mass is 1230 g/mol. The minimum Gasteiger partial charge on any atom is -0.458 e. The van der Waals surface area contributed by atoms with Crippen molar-refractivity contribution in [1.29, 1.82) is 0 Å². The topological polar surface area (TPSA) is 105 Å². The summed E-state index contributed by atoms with van der Waals surface area (Å²) >= 11 is 0. The summed E-state index contributed by atoms with van der Waals surface area (Å²) in [5.74, 6) is 10.1. The number of hydrogen-bond donors (Lipinski definition) is 0. The lowest BCUT2D eigenvalue weighted by Crippen LogP contribution is -2.52. The Balaban J connectivity index is -0.00000106. The Labute approximate surface area is 544 Å². The van der Waals surface area contributed by atoms with Crippen LogP contribution in [0.25, 0.3) is 0 Å². The smallest absolute Gasteiger partial charge is 0.312 e. The molecule has 0 saturated heterocycles. The Kier molecular flexibility index (Phi) is 35.5. The maximum absolute atomic E-state index is 12.9. The Morgan fingerprint density at radius 2 is 0.782 bits per heavy atom. The second-order valence-corrected chi connectivity index (χ2v) is 32.1. The average Bonchev–Trinajstić information content (AvgIpc) is 1.87. The van der Waals surface area contributed by atoms with E-state index in [4.69, 9.17) is 18.9 Å². The number of ether oxygens (including phenoxy) is 4. The molecule has 0 aromatic rings. The van der Waals surface area contributed by atoms with E-state index in [0.717, 1.165) is 112 Å². The quantitative estimate of drug-likeness (QED) is 0.0855. The number of rotatable bonds is 16. The normalized spacial score (nSPS) is 31.9. The highest BCUT2D eigenvalue weighted by Gasteiger charge is 2.69. The summed E-state index contributed by atoms with van der Waals surface area (Å²) in [6.07, 6.45) is 29.9. The minimum atomic E-state index is -0.356. The van der Waals surface area contributed by atoms with E-state index in [0.29, 0.717) is 35.5 Å². The molecule has 9 aliphatic carbocycles. The van der Waals surface area contributed by atoms with Crippen LogP contribution in [0.3, 0.4) is 0 Å². The number of esters is 4. The average molecular weight is 1230 g/mol. The van der Waals surface area contributed by atoms with Crippen molar-refractivity contribution in [3.05, 3.63) is 0 Å². The van der Waals surface area contributed by atoms with Crippen LogP contribution in [0.2, 0.25) is 0 Å². The maximum Gasteiger partial charge on any atom is 0.312 e. The zero-order valence-corrected chi connectivity index (χ0v) is 55.0. The van der Waals surface area contributed by atoms with Gasteiger partial charge in [0.05, 0.1) is 21.7 Å². The van der Waals surface area contributed by atoms with Crippen LogP contribution in [-0.4, -0.2) is 46.3 Å². The predicted octanol–water partition coefficient (Wildman–Crippen LogP) is 24.0. The molecule has 0 amide bonds. The Hall–Kier alpha value is -2.12. The van der Waals surface area contributed by atoms with Crippen LogP contribution in [0.15, 0.2) is 0 Å². The van der Waals surface area contributed by atoms with Crippen LogP contribution >= 0.6 is 0 Å². The van der Waals surface area contributed by atoms with Crippen molar-refractivity contribution in [2.75, 3.05) is 0 Å². The zero-order chi connectivity index (χ0) is 58.9. The molecule has 6 bridgehead atoms. The lowest BCUT2D eigenvalue weighted by Gasteiger charge is -2.49. The zero-order valence-electron chi connectivity index (χ0n) is 55.0.